The summed E-state index contributed by atoms with van der Waals surface area (Å²) in [6.07, 6.45) is 1.04. The molecule has 0 unspecified atom stereocenters. The Morgan fingerprint density at radius 3 is 2.00 bits per heavy atom. The molecule has 0 aromatic rings. The molecule has 0 spiro atoms. The van der Waals surface area contributed by atoms with Gasteiger partial charge in [-0.1, -0.05) is 34.6 Å². The van der Waals surface area contributed by atoms with E-state index in [9.17, 15) is 4.79 Å². The van der Waals surface area contributed by atoms with Crippen LogP contribution in [0.15, 0.2) is 0 Å². The van der Waals surface area contributed by atoms with Gasteiger partial charge >= 0.3 is 0 Å². The number of hydrogen-bond acceptors (Lipinski definition) is 1. The van der Waals surface area contributed by atoms with E-state index in [1.807, 2.05) is 20.8 Å². The molecule has 2 nitrogen and oxygen atoms in total. The molecule has 1 amide bonds. The van der Waals surface area contributed by atoms with Crippen LogP contribution in [0.5, 0.6) is 0 Å². The van der Waals surface area contributed by atoms with Gasteiger partial charge in [-0.15, -0.1) is 0 Å². The zero-order chi connectivity index (χ0) is 10.6. The lowest BCUT2D eigenvalue weighted by atomic mass is 9.94. The number of hydrogen-bond donors (Lipinski definition) is 1. The van der Waals surface area contributed by atoms with Crippen LogP contribution in [-0.2, 0) is 4.79 Å². The molecule has 0 saturated heterocycles. The maximum absolute atomic E-state index is 11.5. The van der Waals surface area contributed by atoms with E-state index in [-0.39, 0.29) is 17.4 Å². The van der Waals surface area contributed by atoms with Crippen LogP contribution >= 0.6 is 0 Å². The van der Waals surface area contributed by atoms with Crippen LogP contribution in [0.4, 0.5) is 0 Å². The first-order chi connectivity index (χ1) is 5.73. The lowest BCUT2D eigenvalue weighted by molar-refractivity contribution is -0.129. The standard InChI is InChI=1S/C11H23NO/c1-8(2)7-9(3)12-10(13)11(4,5)6/h8-9H,7H2,1-6H3,(H,12,13)/t9-/m0/s1. The first-order valence-electron chi connectivity index (χ1n) is 5.04. The minimum absolute atomic E-state index is 0.139. The van der Waals surface area contributed by atoms with Crippen molar-refractivity contribution in [1.29, 1.82) is 0 Å². The molecule has 0 bridgehead atoms. The molecule has 1 N–H and O–H groups in total. The summed E-state index contributed by atoms with van der Waals surface area (Å²) >= 11 is 0. The number of carbonyl (C=O) groups is 1. The highest BCUT2D eigenvalue weighted by molar-refractivity contribution is 5.81. The Labute approximate surface area is 82.1 Å². The molecule has 2 heteroatoms. The average Bonchev–Trinajstić information content (AvgIpc) is 1.82. The normalized spacial score (nSPS) is 14.4. The van der Waals surface area contributed by atoms with E-state index in [1.54, 1.807) is 0 Å². The van der Waals surface area contributed by atoms with E-state index in [4.69, 9.17) is 0 Å². The van der Waals surface area contributed by atoms with Gasteiger partial charge in [-0.2, -0.15) is 0 Å². The largest absolute Gasteiger partial charge is 0.353 e. The van der Waals surface area contributed by atoms with Crippen molar-refractivity contribution in [2.45, 2.75) is 54.0 Å². The van der Waals surface area contributed by atoms with Crippen molar-refractivity contribution >= 4 is 5.91 Å². The predicted octanol–water partition coefficient (Wildman–Crippen LogP) is 2.58. The Morgan fingerprint density at radius 1 is 1.23 bits per heavy atom. The highest BCUT2D eigenvalue weighted by Gasteiger charge is 2.22. The van der Waals surface area contributed by atoms with Gasteiger partial charge in [-0.05, 0) is 19.3 Å². The van der Waals surface area contributed by atoms with Gasteiger partial charge in [0.15, 0.2) is 0 Å². The van der Waals surface area contributed by atoms with Crippen molar-refractivity contribution < 1.29 is 4.79 Å². The summed E-state index contributed by atoms with van der Waals surface area (Å²) in [6, 6.07) is 0.284. The third-order valence-corrected chi connectivity index (χ3v) is 1.88. The quantitative estimate of drug-likeness (QED) is 0.719. The smallest absolute Gasteiger partial charge is 0.225 e. The lowest BCUT2D eigenvalue weighted by Crippen LogP contribution is -2.40. The number of amides is 1. The zero-order valence-electron chi connectivity index (χ0n) is 9.77. The number of nitrogens with one attached hydrogen (secondary N) is 1. The molecule has 0 rings (SSSR count). The Balaban J connectivity index is 3.93. The summed E-state index contributed by atoms with van der Waals surface area (Å²) in [5, 5.41) is 3.01. The Kier molecular flexibility index (Phi) is 4.45. The molecule has 0 fully saturated rings. The monoisotopic (exact) mass is 185 g/mol. The molecule has 0 aromatic heterocycles. The van der Waals surface area contributed by atoms with Crippen molar-refractivity contribution in [2.75, 3.05) is 0 Å². The summed E-state index contributed by atoms with van der Waals surface area (Å²) in [6.45, 7) is 12.2. The van der Waals surface area contributed by atoms with Crippen molar-refractivity contribution in [1.82, 2.24) is 5.32 Å². The van der Waals surface area contributed by atoms with E-state index in [0.29, 0.717) is 5.92 Å². The first-order valence-corrected chi connectivity index (χ1v) is 5.04. The van der Waals surface area contributed by atoms with Crippen molar-refractivity contribution in [3.63, 3.8) is 0 Å². The first kappa shape index (κ1) is 12.5. The maximum Gasteiger partial charge on any atom is 0.225 e. The van der Waals surface area contributed by atoms with Crippen LogP contribution in [0.1, 0.15) is 48.0 Å². The predicted molar refractivity (Wildman–Crippen MR) is 56.5 cm³/mol. The van der Waals surface area contributed by atoms with Crippen LogP contribution in [0.2, 0.25) is 0 Å². The average molecular weight is 185 g/mol. The van der Waals surface area contributed by atoms with Gasteiger partial charge in [0.2, 0.25) is 5.91 Å². The van der Waals surface area contributed by atoms with Crippen molar-refractivity contribution in [3.05, 3.63) is 0 Å². The Hall–Kier alpha value is -0.530. The molecule has 0 heterocycles. The van der Waals surface area contributed by atoms with Crippen LogP contribution in [0, 0.1) is 11.3 Å². The van der Waals surface area contributed by atoms with Gasteiger partial charge in [0.05, 0.1) is 0 Å². The molecular formula is C11H23NO. The summed E-state index contributed by atoms with van der Waals surface area (Å²) in [5.74, 6) is 0.774. The molecular weight excluding hydrogens is 162 g/mol. The van der Waals surface area contributed by atoms with Crippen LogP contribution < -0.4 is 5.32 Å². The molecule has 1 atom stereocenters. The molecule has 78 valence electrons. The van der Waals surface area contributed by atoms with Crippen molar-refractivity contribution in [2.24, 2.45) is 11.3 Å². The van der Waals surface area contributed by atoms with E-state index < -0.39 is 0 Å². The summed E-state index contributed by atoms with van der Waals surface area (Å²) in [4.78, 5) is 11.5. The summed E-state index contributed by atoms with van der Waals surface area (Å²) in [5.41, 5.74) is -0.273. The van der Waals surface area contributed by atoms with Gasteiger partial charge in [0, 0.05) is 11.5 Å². The fourth-order valence-corrected chi connectivity index (χ4v) is 1.21. The van der Waals surface area contributed by atoms with Gasteiger partial charge in [-0.25, -0.2) is 0 Å². The maximum atomic E-state index is 11.5. The molecule has 0 aromatic carbocycles. The van der Waals surface area contributed by atoms with Crippen molar-refractivity contribution in [3.8, 4) is 0 Å². The van der Waals surface area contributed by atoms with E-state index in [0.717, 1.165) is 6.42 Å². The number of carbonyl (C=O) groups excluding carboxylic acids is 1. The third-order valence-electron chi connectivity index (χ3n) is 1.88. The molecule has 13 heavy (non-hydrogen) atoms. The van der Waals surface area contributed by atoms with E-state index >= 15 is 0 Å². The van der Waals surface area contributed by atoms with E-state index in [1.165, 1.54) is 0 Å². The Bertz CT molecular complexity index is 167. The Morgan fingerprint density at radius 2 is 1.69 bits per heavy atom. The third kappa shape index (κ3) is 5.67. The fourth-order valence-electron chi connectivity index (χ4n) is 1.21. The van der Waals surface area contributed by atoms with Gasteiger partial charge in [0.25, 0.3) is 0 Å². The molecule has 0 aliphatic rings. The van der Waals surface area contributed by atoms with Crippen LogP contribution in [-0.4, -0.2) is 11.9 Å². The lowest BCUT2D eigenvalue weighted by Gasteiger charge is -2.22. The number of rotatable bonds is 3. The molecule has 0 aliphatic carbocycles. The summed E-state index contributed by atoms with van der Waals surface area (Å²) in [7, 11) is 0. The molecule has 0 radical (unpaired) electrons. The highest BCUT2D eigenvalue weighted by Crippen LogP contribution is 2.14. The second-order valence-corrected chi connectivity index (χ2v) is 5.25. The van der Waals surface area contributed by atoms with Gasteiger partial charge in [0.1, 0.15) is 0 Å². The highest BCUT2D eigenvalue weighted by atomic mass is 16.2. The van der Waals surface area contributed by atoms with E-state index in [2.05, 4.69) is 26.1 Å². The topological polar surface area (TPSA) is 29.1 Å². The van der Waals surface area contributed by atoms with Crippen LogP contribution in [0.3, 0.4) is 0 Å². The minimum Gasteiger partial charge on any atom is -0.353 e. The van der Waals surface area contributed by atoms with Gasteiger partial charge in [-0.3, -0.25) is 4.79 Å². The minimum atomic E-state index is -0.273. The van der Waals surface area contributed by atoms with Gasteiger partial charge < -0.3 is 5.32 Å². The SMILES string of the molecule is CC(C)C[C@H](C)NC(=O)C(C)(C)C. The second-order valence-electron chi connectivity index (χ2n) is 5.25. The zero-order valence-corrected chi connectivity index (χ0v) is 9.77. The fraction of sp³-hybridized carbons (Fsp3) is 0.909. The molecule has 0 saturated carbocycles. The van der Waals surface area contributed by atoms with Crippen LogP contribution in [0.25, 0.3) is 0 Å². The molecule has 0 aliphatic heterocycles. The second kappa shape index (κ2) is 4.64. The summed E-state index contributed by atoms with van der Waals surface area (Å²) < 4.78 is 0.